The van der Waals surface area contributed by atoms with Crippen LogP contribution in [0.3, 0.4) is 0 Å². The maximum absolute atomic E-state index is 10.2. The molecule has 0 aliphatic carbocycles. The van der Waals surface area contributed by atoms with Gasteiger partial charge in [-0.1, -0.05) is 0 Å². The highest BCUT2D eigenvalue weighted by Crippen LogP contribution is 2.27. The first kappa shape index (κ1) is 29.6. The van der Waals surface area contributed by atoms with E-state index in [2.05, 4.69) is 0 Å². The molecule has 0 bridgehead atoms. The van der Waals surface area contributed by atoms with Gasteiger partial charge in [0, 0.05) is 0 Å². The summed E-state index contributed by atoms with van der Waals surface area (Å²) in [4.78, 5) is 0. The number of ether oxygens (including phenoxy) is 4. The van der Waals surface area contributed by atoms with Crippen LogP contribution in [0.5, 0.6) is 0 Å². The molecule has 2 aliphatic heterocycles. The molecule has 0 saturated carbocycles. The van der Waals surface area contributed by atoms with Gasteiger partial charge in [-0.25, -0.2) is 0 Å². The lowest BCUT2D eigenvalue weighted by molar-refractivity contribution is -0.344. The van der Waals surface area contributed by atoms with E-state index in [1.165, 1.54) is 0 Å². The first-order valence-corrected chi connectivity index (χ1v) is 10.5. The van der Waals surface area contributed by atoms with Crippen LogP contribution in [0, 0.1) is 0 Å². The zero-order valence-electron chi connectivity index (χ0n) is 17.9. The summed E-state index contributed by atoms with van der Waals surface area (Å²) in [5.74, 6) is 0. The predicted octanol–water partition coefficient (Wildman–Crippen LogP) is -7.94. The third-order valence-corrected chi connectivity index (χ3v) is 5.72. The Kier molecular flexibility index (Phi) is 11.4. The van der Waals surface area contributed by atoms with Crippen LogP contribution in [-0.4, -0.2) is 174 Å². The average molecular weight is 506 g/mol. The molecule has 0 unspecified atom stereocenters. The Morgan fingerprint density at radius 2 is 1.12 bits per heavy atom. The molecule has 0 radical (unpaired) electrons. The molecule has 2 fully saturated rings. The summed E-state index contributed by atoms with van der Waals surface area (Å²) < 4.78 is 21.0. The third-order valence-electron chi connectivity index (χ3n) is 5.72. The Hall–Kier alpha value is -0.640. The van der Waals surface area contributed by atoms with Gasteiger partial charge in [0.25, 0.3) is 0 Å². The largest absolute Gasteiger partial charge is 0.394 e. The van der Waals surface area contributed by atoms with Crippen LogP contribution >= 0.6 is 0 Å². The van der Waals surface area contributed by atoms with E-state index in [-0.39, 0.29) is 0 Å². The van der Waals surface area contributed by atoms with Gasteiger partial charge in [0.15, 0.2) is 12.6 Å². The molecule has 0 amide bonds. The highest BCUT2D eigenvalue weighted by molar-refractivity contribution is 4.93. The lowest BCUT2D eigenvalue weighted by Crippen LogP contribution is -2.63. The monoisotopic (exact) mass is 506 g/mol. The molecule has 0 spiro atoms. The minimum atomic E-state index is -1.96. The Bertz CT molecular complexity index is 596. The van der Waals surface area contributed by atoms with Crippen LogP contribution in [0.1, 0.15) is 0 Å². The minimum Gasteiger partial charge on any atom is -0.394 e. The predicted molar refractivity (Wildman–Crippen MR) is 103 cm³/mol. The van der Waals surface area contributed by atoms with Crippen molar-refractivity contribution in [3.8, 4) is 0 Å². The molecule has 34 heavy (non-hydrogen) atoms. The summed E-state index contributed by atoms with van der Waals surface area (Å²) in [5, 5.41) is 117. The van der Waals surface area contributed by atoms with Gasteiger partial charge in [-0.3, -0.25) is 0 Å². The summed E-state index contributed by atoms with van der Waals surface area (Å²) in [6.45, 7) is -3.27. The zero-order valence-corrected chi connectivity index (χ0v) is 17.9. The van der Waals surface area contributed by atoms with Gasteiger partial charge in [-0.05, 0) is 0 Å². The second kappa shape index (κ2) is 13.1. The molecule has 0 aromatic heterocycles. The molecule has 14 atom stereocenters. The molecule has 2 heterocycles. The number of hydrogen-bond donors (Lipinski definition) is 12. The summed E-state index contributed by atoms with van der Waals surface area (Å²) in [5.41, 5.74) is 0. The fraction of sp³-hybridized carbons (Fsp3) is 1.00. The quantitative estimate of drug-likeness (QED) is 0.124. The SMILES string of the molecule is OC[C@@H](O)[C@@H](O[C@H]1O[C@H](CO[C@H]2O[C@H](CO)[C@@H](O)[C@H](O)[C@H]2O)[C@@H](O)[C@H](O)[C@H]1O)[C@H](O)[C@@H](O)CO. The topological polar surface area (TPSA) is 280 Å². The Balaban J connectivity index is 2.10. The lowest BCUT2D eigenvalue weighted by Gasteiger charge is -2.44. The average Bonchev–Trinajstić information content (AvgIpc) is 2.84. The van der Waals surface area contributed by atoms with Gasteiger partial charge >= 0.3 is 0 Å². The van der Waals surface area contributed by atoms with Gasteiger partial charge in [-0.15, -0.1) is 0 Å². The van der Waals surface area contributed by atoms with Crippen molar-refractivity contribution in [2.75, 3.05) is 26.4 Å². The van der Waals surface area contributed by atoms with Crippen molar-refractivity contribution in [3.63, 3.8) is 0 Å². The van der Waals surface area contributed by atoms with E-state index in [1.54, 1.807) is 0 Å². The molecular formula is C18H34O16. The molecular weight excluding hydrogens is 472 g/mol. The summed E-state index contributed by atoms with van der Waals surface area (Å²) in [6, 6.07) is 0. The van der Waals surface area contributed by atoms with Gasteiger partial charge in [0.05, 0.1) is 26.4 Å². The summed E-state index contributed by atoms with van der Waals surface area (Å²) in [6.07, 6.45) is -24.4. The van der Waals surface area contributed by atoms with Crippen LogP contribution < -0.4 is 0 Å². The number of hydrogen-bond acceptors (Lipinski definition) is 16. The Morgan fingerprint density at radius 3 is 1.65 bits per heavy atom. The first-order chi connectivity index (χ1) is 16.0. The number of rotatable bonds is 11. The van der Waals surface area contributed by atoms with E-state index in [0.717, 1.165) is 0 Å². The molecule has 16 heteroatoms. The first-order valence-electron chi connectivity index (χ1n) is 10.5. The van der Waals surface area contributed by atoms with E-state index in [9.17, 15) is 56.2 Å². The molecule has 2 aliphatic rings. The van der Waals surface area contributed by atoms with Crippen LogP contribution in [0.25, 0.3) is 0 Å². The Labute approximate surface area is 193 Å². The smallest absolute Gasteiger partial charge is 0.187 e. The van der Waals surface area contributed by atoms with Crippen molar-refractivity contribution in [2.45, 2.75) is 85.8 Å². The lowest BCUT2D eigenvalue weighted by atomic mass is 9.98. The normalized spacial score (nSPS) is 42.7. The van der Waals surface area contributed by atoms with Crippen LogP contribution in [0.15, 0.2) is 0 Å². The van der Waals surface area contributed by atoms with Gasteiger partial charge in [-0.2, -0.15) is 0 Å². The minimum absolute atomic E-state index is 0.650. The molecule has 202 valence electrons. The second-order valence-corrected chi connectivity index (χ2v) is 8.14. The van der Waals surface area contributed by atoms with Crippen LogP contribution in [0.2, 0.25) is 0 Å². The van der Waals surface area contributed by atoms with Crippen molar-refractivity contribution in [1.82, 2.24) is 0 Å². The maximum atomic E-state index is 10.2. The van der Waals surface area contributed by atoms with E-state index in [1.807, 2.05) is 0 Å². The number of aliphatic hydroxyl groups excluding tert-OH is 12. The summed E-state index contributed by atoms with van der Waals surface area (Å²) >= 11 is 0. The summed E-state index contributed by atoms with van der Waals surface area (Å²) in [7, 11) is 0. The maximum Gasteiger partial charge on any atom is 0.187 e. The Morgan fingerprint density at radius 1 is 0.618 bits per heavy atom. The van der Waals surface area contributed by atoms with Crippen LogP contribution in [-0.2, 0) is 18.9 Å². The van der Waals surface area contributed by atoms with Gasteiger partial charge in [0.2, 0.25) is 0 Å². The van der Waals surface area contributed by atoms with Crippen molar-refractivity contribution < 1.29 is 80.2 Å². The van der Waals surface area contributed by atoms with E-state index in [4.69, 9.17) is 24.1 Å². The second-order valence-electron chi connectivity index (χ2n) is 8.14. The molecule has 2 saturated heterocycles. The fourth-order valence-electron chi connectivity index (χ4n) is 3.55. The van der Waals surface area contributed by atoms with E-state index < -0.39 is 112 Å². The van der Waals surface area contributed by atoms with Gasteiger partial charge in [0.1, 0.15) is 73.2 Å². The van der Waals surface area contributed by atoms with Gasteiger partial charge < -0.3 is 80.2 Å². The molecule has 0 aromatic rings. The standard InChI is InChI=1S/C18H34O16/c19-1-5(22)9(24)16(6(23)2-20)34-18-15(30)13(28)11(26)8(33-18)4-31-17-14(29)12(27)10(25)7(3-21)32-17/h5-30H,1-4H2/t5-,6+,7+,8+,9+,10+,11+,12-,13-,14+,15+,16+,17-,18+/m0/s1. The van der Waals surface area contributed by atoms with Crippen LogP contribution in [0.4, 0.5) is 0 Å². The molecule has 2 rings (SSSR count). The van der Waals surface area contributed by atoms with E-state index in [0.29, 0.717) is 0 Å². The zero-order chi connectivity index (χ0) is 25.7. The van der Waals surface area contributed by atoms with Crippen molar-refractivity contribution >= 4 is 0 Å². The van der Waals surface area contributed by atoms with Crippen molar-refractivity contribution in [3.05, 3.63) is 0 Å². The molecule has 16 nitrogen and oxygen atoms in total. The highest BCUT2D eigenvalue weighted by Gasteiger charge is 2.49. The number of aliphatic hydroxyl groups is 12. The fourth-order valence-corrected chi connectivity index (χ4v) is 3.55. The highest BCUT2D eigenvalue weighted by atomic mass is 16.7. The molecule has 12 N–H and O–H groups in total. The van der Waals surface area contributed by atoms with Crippen molar-refractivity contribution in [1.29, 1.82) is 0 Å². The van der Waals surface area contributed by atoms with Crippen molar-refractivity contribution in [2.24, 2.45) is 0 Å². The third kappa shape index (κ3) is 6.56. The molecule has 0 aromatic carbocycles. The van der Waals surface area contributed by atoms with E-state index >= 15 is 0 Å².